The van der Waals surface area contributed by atoms with Gasteiger partial charge in [0.05, 0.1) is 35.2 Å². The van der Waals surface area contributed by atoms with Gasteiger partial charge in [0.15, 0.2) is 0 Å². The number of imidazole rings is 1. The average Bonchev–Trinajstić information content (AvgIpc) is 3.36. The first-order valence-electron chi connectivity index (χ1n) is 9.02. The van der Waals surface area contributed by atoms with Crippen molar-refractivity contribution in [3.63, 3.8) is 0 Å². The van der Waals surface area contributed by atoms with Crippen LogP contribution in [0.3, 0.4) is 0 Å². The van der Waals surface area contributed by atoms with E-state index in [0.29, 0.717) is 18.2 Å². The topological polar surface area (TPSA) is 89.9 Å². The number of likely N-dealkylation sites (tertiary alicyclic amines) is 1. The van der Waals surface area contributed by atoms with E-state index in [9.17, 15) is 4.79 Å². The van der Waals surface area contributed by atoms with Gasteiger partial charge in [-0.3, -0.25) is 9.78 Å². The van der Waals surface area contributed by atoms with Crippen LogP contribution in [-0.2, 0) is 13.5 Å². The van der Waals surface area contributed by atoms with Crippen LogP contribution in [0.15, 0.2) is 29.4 Å². The summed E-state index contributed by atoms with van der Waals surface area (Å²) in [6.07, 6.45) is 8.68. The highest BCUT2D eigenvalue weighted by Crippen LogP contribution is 2.26. The lowest BCUT2D eigenvalue weighted by Crippen LogP contribution is -2.29. The second kappa shape index (κ2) is 6.94. The molecule has 0 bridgehead atoms. The fraction of sp³-hybridized carbons (Fsp3) is 0.421. The molecular weight excluding hydrogens is 344 g/mol. The average molecular weight is 366 g/mol. The number of carbonyl (C=O) groups is 1. The fourth-order valence-electron chi connectivity index (χ4n) is 3.64. The summed E-state index contributed by atoms with van der Waals surface area (Å²) >= 11 is 0. The zero-order chi connectivity index (χ0) is 19.0. The lowest BCUT2D eigenvalue weighted by atomic mass is 10.0. The van der Waals surface area contributed by atoms with Crippen LogP contribution in [0.5, 0.6) is 0 Å². The Morgan fingerprint density at radius 2 is 2.19 bits per heavy atom. The Bertz CT molecular complexity index is 957. The van der Waals surface area contributed by atoms with Crippen LogP contribution in [0.4, 0.5) is 0 Å². The maximum Gasteiger partial charge on any atom is 0.274 e. The van der Waals surface area contributed by atoms with Gasteiger partial charge in [-0.05, 0) is 32.6 Å². The Kier molecular flexibility index (Phi) is 4.47. The molecule has 1 fully saturated rings. The number of amides is 1. The van der Waals surface area contributed by atoms with Crippen molar-refractivity contribution in [2.75, 3.05) is 13.1 Å². The van der Waals surface area contributed by atoms with Gasteiger partial charge in [0, 0.05) is 32.5 Å². The summed E-state index contributed by atoms with van der Waals surface area (Å²) in [4.78, 5) is 27.7. The molecule has 8 nitrogen and oxygen atoms in total. The van der Waals surface area contributed by atoms with Gasteiger partial charge >= 0.3 is 0 Å². The van der Waals surface area contributed by atoms with E-state index < -0.39 is 0 Å². The smallest absolute Gasteiger partial charge is 0.274 e. The molecule has 1 aliphatic rings. The van der Waals surface area contributed by atoms with Crippen molar-refractivity contribution >= 4 is 5.91 Å². The normalized spacial score (nSPS) is 16.9. The van der Waals surface area contributed by atoms with Crippen LogP contribution in [0.25, 0.3) is 11.3 Å². The van der Waals surface area contributed by atoms with Crippen molar-refractivity contribution in [1.29, 1.82) is 0 Å². The molecule has 4 heterocycles. The first kappa shape index (κ1) is 17.4. The molecule has 1 unspecified atom stereocenters. The van der Waals surface area contributed by atoms with Gasteiger partial charge in [-0.25, -0.2) is 9.97 Å². The number of aromatic nitrogens is 5. The minimum atomic E-state index is -0.00587. The fourth-order valence-corrected chi connectivity index (χ4v) is 3.64. The van der Waals surface area contributed by atoms with Crippen LogP contribution in [0, 0.1) is 19.8 Å². The molecule has 0 aromatic carbocycles. The molecule has 0 saturated carbocycles. The van der Waals surface area contributed by atoms with Crippen molar-refractivity contribution in [3.05, 3.63) is 47.8 Å². The molecule has 8 heteroatoms. The summed E-state index contributed by atoms with van der Waals surface area (Å²) in [6.45, 7) is 5.24. The van der Waals surface area contributed by atoms with Crippen molar-refractivity contribution in [3.8, 4) is 11.3 Å². The molecule has 1 saturated heterocycles. The number of nitrogens with zero attached hydrogens (tertiary/aromatic N) is 6. The Labute approximate surface area is 157 Å². The first-order valence-corrected chi connectivity index (χ1v) is 9.02. The largest absolute Gasteiger partial charge is 0.361 e. The predicted molar refractivity (Wildman–Crippen MR) is 97.9 cm³/mol. The standard InChI is InChI=1S/C19H22N6O2/c1-12-18(13(2)27-23-12)16-8-20-7-15(22-16)6-14-4-5-25(9-14)19(26)17-10-24(3)11-21-17/h7-8,10-11,14H,4-6,9H2,1-3H3. The highest BCUT2D eigenvalue weighted by atomic mass is 16.5. The third kappa shape index (κ3) is 3.47. The van der Waals surface area contributed by atoms with E-state index in [-0.39, 0.29) is 5.91 Å². The molecule has 1 amide bonds. The van der Waals surface area contributed by atoms with Crippen molar-refractivity contribution in [1.82, 2.24) is 29.6 Å². The maximum absolute atomic E-state index is 12.5. The molecule has 0 N–H and O–H groups in total. The van der Waals surface area contributed by atoms with E-state index >= 15 is 0 Å². The summed E-state index contributed by atoms with van der Waals surface area (Å²) in [5, 5.41) is 3.99. The number of hydrogen-bond acceptors (Lipinski definition) is 6. The second-order valence-electron chi connectivity index (χ2n) is 7.13. The third-order valence-corrected chi connectivity index (χ3v) is 4.97. The quantitative estimate of drug-likeness (QED) is 0.703. The number of rotatable bonds is 4. The Hall–Kier alpha value is -3.03. The molecule has 1 aliphatic heterocycles. The Balaban J connectivity index is 1.45. The molecule has 27 heavy (non-hydrogen) atoms. The minimum absolute atomic E-state index is 0.00587. The maximum atomic E-state index is 12.5. The van der Waals surface area contributed by atoms with E-state index in [1.165, 1.54) is 0 Å². The first-order chi connectivity index (χ1) is 13.0. The van der Waals surface area contributed by atoms with Crippen molar-refractivity contribution < 1.29 is 9.32 Å². The summed E-state index contributed by atoms with van der Waals surface area (Å²) in [5.74, 6) is 1.10. The highest BCUT2D eigenvalue weighted by molar-refractivity contribution is 5.92. The van der Waals surface area contributed by atoms with E-state index in [0.717, 1.165) is 47.8 Å². The van der Waals surface area contributed by atoms with E-state index in [1.54, 1.807) is 29.5 Å². The van der Waals surface area contributed by atoms with Gasteiger partial charge in [-0.2, -0.15) is 0 Å². The van der Waals surface area contributed by atoms with Gasteiger partial charge in [0.25, 0.3) is 5.91 Å². The zero-order valence-corrected chi connectivity index (χ0v) is 15.7. The second-order valence-corrected chi connectivity index (χ2v) is 7.13. The molecule has 3 aromatic rings. The van der Waals surface area contributed by atoms with Crippen molar-refractivity contribution in [2.45, 2.75) is 26.7 Å². The van der Waals surface area contributed by atoms with Crippen molar-refractivity contribution in [2.24, 2.45) is 13.0 Å². The van der Waals surface area contributed by atoms with Gasteiger partial charge in [-0.15, -0.1) is 0 Å². The van der Waals surface area contributed by atoms with Crippen LogP contribution < -0.4 is 0 Å². The number of aryl methyl sites for hydroxylation is 3. The molecule has 0 aliphatic carbocycles. The number of carbonyl (C=O) groups excluding carboxylic acids is 1. The van der Waals surface area contributed by atoms with Gasteiger partial charge < -0.3 is 14.0 Å². The monoisotopic (exact) mass is 366 g/mol. The predicted octanol–water partition coefficient (Wildman–Crippen LogP) is 2.19. The van der Waals surface area contributed by atoms with Gasteiger partial charge in [0.1, 0.15) is 11.5 Å². The van der Waals surface area contributed by atoms with E-state index in [2.05, 4.69) is 15.1 Å². The lowest BCUT2D eigenvalue weighted by Gasteiger charge is -2.15. The molecule has 1 atom stereocenters. The van der Waals surface area contributed by atoms with Crippen LogP contribution in [0.2, 0.25) is 0 Å². The minimum Gasteiger partial charge on any atom is -0.361 e. The lowest BCUT2D eigenvalue weighted by molar-refractivity contribution is 0.0781. The molecular formula is C19H22N6O2. The molecule has 0 spiro atoms. The Morgan fingerprint density at radius 1 is 1.33 bits per heavy atom. The van der Waals surface area contributed by atoms with E-state index in [1.807, 2.05) is 25.8 Å². The zero-order valence-electron chi connectivity index (χ0n) is 15.7. The summed E-state index contributed by atoms with van der Waals surface area (Å²) in [7, 11) is 1.86. The van der Waals surface area contributed by atoms with Crippen LogP contribution >= 0.6 is 0 Å². The summed E-state index contributed by atoms with van der Waals surface area (Å²) in [5.41, 5.74) is 3.92. The molecule has 3 aromatic heterocycles. The van der Waals surface area contributed by atoms with Crippen LogP contribution in [0.1, 0.15) is 34.1 Å². The van der Waals surface area contributed by atoms with Gasteiger partial charge in [-0.1, -0.05) is 5.16 Å². The molecule has 0 radical (unpaired) electrons. The third-order valence-electron chi connectivity index (χ3n) is 4.97. The highest BCUT2D eigenvalue weighted by Gasteiger charge is 2.28. The van der Waals surface area contributed by atoms with Gasteiger partial charge in [0.2, 0.25) is 0 Å². The van der Waals surface area contributed by atoms with Crippen LogP contribution in [-0.4, -0.2) is 48.6 Å². The summed E-state index contributed by atoms with van der Waals surface area (Å²) in [6, 6.07) is 0. The summed E-state index contributed by atoms with van der Waals surface area (Å²) < 4.78 is 7.03. The molecule has 140 valence electrons. The Morgan fingerprint density at radius 3 is 2.89 bits per heavy atom. The van der Waals surface area contributed by atoms with E-state index in [4.69, 9.17) is 9.51 Å². The SMILES string of the molecule is Cc1noc(C)c1-c1cncc(CC2CCN(C(=O)c3cn(C)cn3)C2)n1. The molecule has 4 rings (SSSR count). The number of hydrogen-bond donors (Lipinski definition) is 0.